The highest BCUT2D eigenvalue weighted by Crippen LogP contribution is 2.25. The first-order valence-corrected chi connectivity index (χ1v) is 7.20. The van der Waals surface area contributed by atoms with Gasteiger partial charge in [0.15, 0.2) is 0 Å². The summed E-state index contributed by atoms with van der Waals surface area (Å²) in [6.07, 6.45) is 0.612. The number of nitrogens with one attached hydrogen (secondary N) is 1. The fourth-order valence-corrected chi connectivity index (χ4v) is 2.48. The van der Waals surface area contributed by atoms with Gasteiger partial charge in [-0.1, -0.05) is 0 Å². The number of aromatic hydroxyl groups is 1. The summed E-state index contributed by atoms with van der Waals surface area (Å²) < 4.78 is 6.46. The molecule has 1 aliphatic heterocycles. The van der Waals surface area contributed by atoms with Crippen LogP contribution in [0.25, 0.3) is 0 Å². The minimum atomic E-state index is -0.638. The molecule has 2 heterocycles. The number of hydrogen-bond acceptors (Lipinski definition) is 5. The van der Waals surface area contributed by atoms with Crippen LogP contribution < -0.4 is 11.2 Å². The maximum Gasteiger partial charge on any atom is 0.410 e. The molecule has 0 radical (unpaired) electrons. The molecular weight excluding hydrogens is 290 g/mol. The summed E-state index contributed by atoms with van der Waals surface area (Å²) in [6.45, 7) is 6.25. The first-order chi connectivity index (χ1) is 10.2. The molecule has 0 bridgehead atoms. The first-order valence-electron chi connectivity index (χ1n) is 7.20. The summed E-state index contributed by atoms with van der Waals surface area (Å²) in [5.41, 5.74) is -1.83. The Hall–Kier alpha value is -2.25. The lowest BCUT2D eigenvalue weighted by atomic mass is 10.1. The highest BCUT2D eigenvalue weighted by Gasteiger charge is 2.28. The number of hydrogen-bond donors (Lipinski definition) is 2. The van der Waals surface area contributed by atoms with E-state index >= 15 is 0 Å². The van der Waals surface area contributed by atoms with Crippen LogP contribution in [-0.4, -0.2) is 44.3 Å². The quantitative estimate of drug-likeness (QED) is 0.798. The molecule has 1 saturated heterocycles. The van der Waals surface area contributed by atoms with Crippen LogP contribution in [0, 0.1) is 0 Å². The van der Waals surface area contributed by atoms with Crippen LogP contribution in [0.3, 0.4) is 0 Å². The van der Waals surface area contributed by atoms with Crippen molar-refractivity contribution < 1.29 is 14.6 Å². The third-order valence-electron chi connectivity index (χ3n) is 3.44. The Labute approximate surface area is 127 Å². The van der Waals surface area contributed by atoms with Gasteiger partial charge in [-0.2, -0.15) is 0 Å². The van der Waals surface area contributed by atoms with Crippen molar-refractivity contribution in [3.8, 4) is 5.88 Å². The predicted molar refractivity (Wildman–Crippen MR) is 79.1 cm³/mol. The Kier molecular flexibility index (Phi) is 4.30. The van der Waals surface area contributed by atoms with Gasteiger partial charge in [0.1, 0.15) is 5.60 Å². The fraction of sp³-hybridized carbons (Fsp3) is 0.643. The number of piperidine rings is 1. The maximum atomic E-state index is 12.0. The van der Waals surface area contributed by atoms with E-state index in [0.717, 1.165) is 10.6 Å². The third kappa shape index (κ3) is 3.69. The molecule has 1 aromatic rings. The van der Waals surface area contributed by atoms with E-state index in [-0.39, 0.29) is 18.0 Å². The molecule has 1 amide bonds. The molecule has 2 N–H and O–H groups in total. The Balaban J connectivity index is 2.06. The van der Waals surface area contributed by atoms with E-state index in [9.17, 15) is 19.5 Å². The van der Waals surface area contributed by atoms with Crippen molar-refractivity contribution >= 4 is 6.09 Å². The molecule has 8 heteroatoms. The van der Waals surface area contributed by atoms with Gasteiger partial charge in [-0.25, -0.2) is 9.59 Å². The number of aromatic amines is 1. The lowest BCUT2D eigenvalue weighted by Crippen LogP contribution is -2.43. The average molecular weight is 311 g/mol. The molecule has 0 atom stereocenters. The molecule has 0 spiro atoms. The number of likely N-dealkylation sites (tertiary alicyclic amines) is 1. The average Bonchev–Trinajstić information content (AvgIpc) is 2.36. The van der Waals surface area contributed by atoms with E-state index in [1.54, 1.807) is 25.7 Å². The monoisotopic (exact) mass is 311 g/mol. The van der Waals surface area contributed by atoms with Crippen LogP contribution in [0.4, 0.5) is 4.79 Å². The van der Waals surface area contributed by atoms with E-state index in [4.69, 9.17) is 4.74 Å². The van der Waals surface area contributed by atoms with Gasteiger partial charge >= 0.3 is 11.8 Å². The third-order valence-corrected chi connectivity index (χ3v) is 3.44. The van der Waals surface area contributed by atoms with Crippen LogP contribution in [0.5, 0.6) is 5.88 Å². The number of nitrogens with zero attached hydrogens (tertiary/aromatic N) is 2. The standard InChI is InChI=1S/C14H21N3O5/c1-14(2,3)22-13(21)16-6-4-9(5-7-16)17-11(19)8-10(18)15-12(17)20/h8-9,19H,4-7H2,1-3H3,(H,15,18,20). The van der Waals surface area contributed by atoms with Gasteiger partial charge < -0.3 is 14.7 Å². The second-order valence-corrected chi connectivity index (χ2v) is 6.37. The zero-order valence-electron chi connectivity index (χ0n) is 13.0. The lowest BCUT2D eigenvalue weighted by molar-refractivity contribution is 0.0185. The van der Waals surface area contributed by atoms with E-state index < -0.39 is 16.9 Å². The highest BCUT2D eigenvalue weighted by molar-refractivity contribution is 5.68. The van der Waals surface area contributed by atoms with Crippen LogP contribution in [0.2, 0.25) is 0 Å². The fourth-order valence-electron chi connectivity index (χ4n) is 2.48. The van der Waals surface area contributed by atoms with Crippen molar-refractivity contribution in [1.29, 1.82) is 0 Å². The van der Waals surface area contributed by atoms with Crippen molar-refractivity contribution in [1.82, 2.24) is 14.5 Å². The van der Waals surface area contributed by atoms with Gasteiger partial charge in [-0.3, -0.25) is 14.3 Å². The van der Waals surface area contributed by atoms with Crippen molar-refractivity contribution in [3.05, 3.63) is 26.9 Å². The Morgan fingerprint density at radius 3 is 2.41 bits per heavy atom. The summed E-state index contributed by atoms with van der Waals surface area (Å²) >= 11 is 0. The number of H-pyrrole nitrogens is 1. The number of aromatic nitrogens is 2. The minimum absolute atomic E-state index is 0.261. The van der Waals surface area contributed by atoms with E-state index in [2.05, 4.69) is 4.98 Å². The summed E-state index contributed by atoms with van der Waals surface area (Å²) in [5, 5.41) is 9.79. The molecule has 0 saturated carbocycles. The molecule has 22 heavy (non-hydrogen) atoms. The van der Waals surface area contributed by atoms with Gasteiger partial charge in [0.25, 0.3) is 5.56 Å². The molecular formula is C14H21N3O5. The number of amides is 1. The van der Waals surface area contributed by atoms with Gasteiger partial charge in [0.2, 0.25) is 5.88 Å². The first kappa shape index (κ1) is 16.1. The van der Waals surface area contributed by atoms with E-state index in [0.29, 0.717) is 25.9 Å². The number of carbonyl (C=O) groups is 1. The lowest BCUT2D eigenvalue weighted by Gasteiger charge is -2.34. The van der Waals surface area contributed by atoms with Crippen molar-refractivity contribution in [2.75, 3.05) is 13.1 Å². The Morgan fingerprint density at radius 2 is 1.91 bits per heavy atom. The number of carbonyl (C=O) groups excluding carboxylic acids is 1. The van der Waals surface area contributed by atoms with Crippen molar-refractivity contribution in [3.63, 3.8) is 0 Å². The van der Waals surface area contributed by atoms with Crippen LogP contribution in [0.15, 0.2) is 15.7 Å². The zero-order chi connectivity index (χ0) is 16.5. The van der Waals surface area contributed by atoms with Crippen molar-refractivity contribution in [2.24, 2.45) is 0 Å². The molecule has 8 nitrogen and oxygen atoms in total. The van der Waals surface area contributed by atoms with Gasteiger partial charge in [-0.15, -0.1) is 0 Å². The van der Waals surface area contributed by atoms with Crippen molar-refractivity contribution in [2.45, 2.75) is 45.3 Å². The molecule has 0 aromatic carbocycles. The molecule has 2 rings (SSSR count). The summed E-state index contributed by atoms with van der Waals surface area (Å²) in [5.74, 6) is -0.357. The molecule has 1 aromatic heterocycles. The normalized spacial score (nSPS) is 16.6. The number of rotatable bonds is 1. The predicted octanol–water partition coefficient (Wildman–Crippen LogP) is 0.814. The zero-order valence-corrected chi connectivity index (χ0v) is 13.0. The molecule has 0 unspecified atom stereocenters. The molecule has 1 fully saturated rings. The number of ether oxygens (including phenoxy) is 1. The van der Waals surface area contributed by atoms with Gasteiger partial charge in [0, 0.05) is 19.1 Å². The molecule has 0 aliphatic carbocycles. The van der Waals surface area contributed by atoms with E-state index in [1.807, 2.05) is 0 Å². The van der Waals surface area contributed by atoms with Crippen LogP contribution in [0.1, 0.15) is 39.7 Å². The topological polar surface area (TPSA) is 105 Å². The SMILES string of the molecule is CC(C)(C)OC(=O)N1CCC(n2c(O)cc(=O)[nH]c2=O)CC1. The summed E-state index contributed by atoms with van der Waals surface area (Å²) in [4.78, 5) is 38.6. The summed E-state index contributed by atoms with van der Waals surface area (Å²) in [6, 6.07) is 0.713. The largest absolute Gasteiger partial charge is 0.494 e. The second-order valence-electron chi connectivity index (χ2n) is 6.37. The molecule has 1 aliphatic rings. The van der Waals surface area contributed by atoms with Crippen LogP contribution in [-0.2, 0) is 4.74 Å². The summed E-state index contributed by atoms with van der Waals surface area (Å²) in [7, 11) is 0. The van der Waals surface area contributed by atoms with Gasteiger partial charge in [-0.05, 0) is 33.6 Å². The molecule has 122 valence electrons. The van der Waals surface area contributed by atoms with Gasteiger partial charge in [0.05, 0.1) is 6.07 Å². The Bertz CT molecular complexity index is 662. The highest BCUT2D eigenvalue weighted by atomic mass is 16.6. The van der Waals surface area contributed by atoms with E-state index in [1.165, 1.54) is 0 Å². The minimum Gasteiger partial charge on any atom is -0.494 e. The van der Waals surface area contributed by atoms with Crippen LogP contribution >= 0.6 is 0 Å². The Morgan fingerprint density at radius 1 is 1.32 bits per heavy atom. The maximum absolute atomic E-state index is 12.0. The smallest absolute Gasteiger partial charge is 0.410 e. The second kappa shape index (κ2) is 5.86.